The molecule has 4 nitrogen and oxygen atoms in total. The third-order valence-corrected chi connectivity index (χ3v) is 3.94. The van der Waals surface area contributed by atoms with Crippen LogP contribution in [-0.4, -0.2) is 12.1 Å². The van der Waals surface area contributed by atoms with E-state index in [0.29, 0.717) is 6.54 Å². The van der Waals surface area contributed by atoms with Gasteiger partial charge in [-0.1, -0.05) is 91.0 Å². The Kier molecular flexibility index (Phi) is 6.29. The molecule has 2 N–H and O–H groups in total. The number of benzene rings is 3. The van der Waals surface area contributed by atoms with Crippen LogP contribution in [0.5, 0.6) is 0 Å². The van der Waals surface area contributed by atoms with Crippen molar-refractivity contribution in [2.45, 2.75) is 12.6 Å². The minimum Gasteiger partial charge on any atom is -0.298 e. The SMILES string of the molecule is O=C(N/N=C\c1ccccc1)[C@@H](NCc1ccccc1)c1ccccc1. The number of nitrogens with zero attached hydrogens (tertiary/aromatic N) is 1. The molecule has 0 aliphatic carbocycles. The topological polar surface area (TPSA) is 53.5 Å². The predicted octanol–water partition coefficient (Wildman–Crippen LogP) is 3.67. The lowest BCUT2D eigenvalue weighted by atomic mass is 10.1. The third kappa shape index (κ3) is 5.13. The Hall–Kier alpha value is -3.24. The van der Waals surface area contributed by atoms with Crippen molar-refractivity contribution in [1.29, 1.82) is 0 Å². The molecule has 26 heavy (non-hydrogen) atoms. The summed E-state index contributed by atoms with van der Waals surface area (Å²) in [4.78, 5) is 12.7. The van der Waals surface area contributed by atoms with Crippen molar-refractivity contribution in [3.63, 3.8) is 0 Å². The lowest BCUT2D eigenvalue weighted by molar-refractivity contribution is -0.123. The lowest BCUT2D eigenvalue weighted by Gasteiger charge is -2.17. The van der Waals surface area contributed by atoms with E-state index in [-0.39, 0.29) is 5.91 Å². The monoisotopic (exact) mass is 343 g/mol. The average molecular weight is 343 g/mol. The molecule has 3 aromatic rings. The minimum atomic E-state index is -0.482. The molecule has 0 saturated carbocycles. The zero-order valence-corrected chi connectivity index (χ0v) is 14.4. The highest BCUT2D eigenvalue weighted by Gasteiger charge is 2.19. The largest absolute Gasteiger partial charge is 0.298 e. The van der Waals surface area contributed by atoms with Gasteiger partial charge in [0.1, 0.15) is 6.04 Å². The number of nitrogens with one attached hydrogen (secondary N) is 2. The van der Waals surface area contributed by atoms with E-state index in [1.54, 1.807) is 6.21 Å². The molecule has 130 valence electrons. The quantitative estimate of drug-likeness (QED) is 0.508. The Morgan fingerprint density at radius 1 is 0.846 bits per heavy atom. The second-order valence-electron chi connectivity index (χ2n) is 5.86. The predicted molar refractivity (Wildman–Crippen MR) is 105 cm³/mol. The van der Waals surface area contributed by atoms with Crippen LogP contribution in [0.3, 0.4) is 0 Å². The standard InChI is InChI=1S/C22H21N3O/c26-22(25-24-17-19-12-6-2-7-13-19)21(20-14-8-3-9-15-20)23-16-18-10-4-1-5-11-18/h1-15,17,21,23H,16H2,(H,25,26)/b24-17-/t21-/m0/s1. The summed E-state index contributed by atoms with van der Waals surface area (Å²) in [6.45, 7) is 0.593. The number of hydrazone groups is 1. The van der Waals surface area contributed by atoms with Crippen LogP contribution in [0.1, 0.15) is 22.7 Å². The Morgan fingerprint density at radius 3 is 2.08 bits per heavy atom. The maximum Gasteiger partial charge on any atom is 0.261 e. The van der Waals surface area contributed by atoms with Gasteiger partial charge in [0.15, 0.2) is 0 Å². The molecule has 0 aliphatic heterocycles. The summed E-state index contributed by atoms with van der Waals surface area (Å²) in [5.41, 5.74) is 5.58. The summed E-state index contributed by atoms with van der Waals surface area (Å²) in [6, 6.07) is 28.8. The first-order valence-electron chi connectivity index (χ1n) is 8.53. The fraction of sp³-hybridized carbons (Fsp3) is 0.0909. The van der Waals surface area contributed by atoms with Gasteiger partial charge in [0.05, 0.1) is 6.21 Å². The summed E-state index contributed by atoms with van der Waals surface area (Å²) in [6.07, 6.45) is 1.64. The molecule has 0 spiro atoms. The van der Waals surface area contributed by atoms with Gasteiger partial charge in [-0.25, -0.2) is 5.43 Å². The van der Waals surface area contributed by atoms with E-state index in [0.717, 1.165) is 16.7 Å². The number of hydrogen-bond donors (Lipinski definition) is 2. The van der Waals surface area contributed by atoms with Crippen molar-refractivity contribution >= 4 is 12.1 Å². The molecule has 0 fully saturated rings. The fourth-order valence-corrected chi connectivity index (χ4v) is 2.60. The summed E-state index contributed by atoms with van der Waals surface area (Å²) >= 11 is 0. The van der Waals surface area contributed by atoms with Crippen LogP contribution in [0.4, 0.5) is 0 Å². The zero-order chi connectivity index (χ0) is 18.0. The maximum absolute atomic E-state index is 12.7. The van der Waals surface area contributed by atoms with Gasteiger partial charge >= 0.3 is 0 Å². The Morgan fingerprint density at radius 2 is 1.42 bits per heavy atom. The number of carbonyl (C=O) groups is 1. The number of amides is 1. The first kappa shape index (κ1) is 17.6. The van der Waals surface area contributed by atoms with Crippen LogP contribution in [0, 0.1) is 0 Å². The van der Waals surface area contributed by atoms with Crippen molar-refractivity contribution in [3.05, 3.63) is 108 Å². The van der Waals surface area contributed by atoms with Gasteiger partial charge in [0.2, 0.25) is 0 Å². The molecular weight excluding hydrogens is 322 g/mol. The van der Waals surface area contributed by atoms with Gasteiger partial charge in [0, 0.05) is 6.54 Å². The van der Waals surface area contributed by atoms with Crippen LogP contribution < -0.4 is 10.7 Å². The summed E-state index contributed by atoms with van der Waals surface area (Å²) in [5, 5.41) is 7.39. The van der Waals surface area contributed by atoms with Crippen LogP contribution >= 0.6 is 0 Å². The molecule has 4 heteroatoms. The highest BCUT2D eigenvalue weighted by molar-refractivity contribution is 5.85. The first-order chi connectivity index (χ1) is 12.8. The van der Waals surface area contributed by atoms with Gasteiger partial charge in [-0.3, -0.25) is 10.1 Å². The molecule has 1 atom stereocenters. The van der Waals surface area contributed by atoms with Crippen LogP contribution in [0.2, 0.25) is 0 Å². The number of carbonyl (C=O) groups excluding carboxylic acids is 1. The summed E-state index contributed by atoms with van der Waals surface area (Å²) in [5.74, 6) is -0.195. The van der Waals surface area contributed by atoms with E-state index in [2.05, 4.69) is 15.8 Å². The fourth-order valence-electron chi connectivity index (χ4n) is 2.60. The number of rotatable bonds is 7. The minimum absolute atomic E-state index is 0.195. The van der Waals surface area contributed by atoms with E-state index in [4.69, 9.17) is 0 Å². The third-order valence-electron chi connectivity index (χ3n) is 3.94. The van der Waals surface area contributed by atoms with Crippen molar-refractivity contribution in [2.75, 3.05) is 0 Å². The Balaban J connectivity index is 1.68. The van der Waals surface area contributed by atoms with E-state index in [1.807, 2.05) is 91.0 Å². The van der Waals surface area contributed by atoms with E-state index in [9.17, 15) is 4.79 Å². The van der Waals surface area contributed by atoms with Gasteiger partial charge in [0.25, 0.3) is 5.91 Å². The maximum atomic E-state index is 12.7. The van der Waals surface area contributed by atoms with Crippen LogP contribution in [0.15, 0.2) is 96.1 Å². The van der Waals surface area contributed by atoms with Gasteiger partial charge in [-0.2, -0.15) is 5.10 Å². The van der Waals surface area contributed by atoms with E-state index < -0.39 is 6.04 Å². The molecule has 1 amide bonds. The van der Waals surface area contributed by atoms with Crippen molar-refractivity contribution in [1.82, 2.24) is 10.7 Å². The molecule has 0 aliphatic rings. The lowest BCUT2D eigenvalue weighted by Crippen LogP contribution is -2.35. The zero-order valence-electron chi connectivity index (χ0n) is 14.4. The van der Waals surface area contributed by atoms with Crippen molar-refractivity contribution < 1.29 is 4.79 Å². The second-order valence-corrected chi connectivity index (χ2v) is 5.86. The molecule has 0 bridgehead atoms. The van der Waals surface area contributed by atoms with E-state index >= 15 is 0 Å². The molecule has 3 rings (SSSR count). The summed E-state index contributed by atoms with van der Waals surface area (Å²) < 4.78 is 0. The Bertz CT molecular complexity index is 833. The summed E-state index contributed by atoms with van der Waals surface area (Å²) in [7, 11) is 0. The Labute approximate surface area is 153 Å². The smallest absolute Gasteiger partial charge is 0.261 e. The van der Waals surface area contributed by atoms with Gasteiger partial charge in [-0.15, -0.1) is 0 Å². The molecule has 0 radical (unpaired) electrons. The molecule has 3 aromatic carbocycles. The van der Waals surface area contributed by atoms with Crippen molar-refractivity contribution in [2.24, 2.45) is 5.10 Å². The van der Waals surface area contributed by atoms with Crippen LogP contribution in [0.25, 0.3) is 0 Å². The molecular formula is C22H21N3O. The molecule has 0 unspecified atom stereocenters. The highest BCUT2D eigenvalue weighted by Crippen LogP contribution is 2.14. The molecule has 0 saturated heterocycles. The highest BCUT2D eigenvalue weighted by atomic mass is 16.2. The van der Waals surface area contributed by atoms with Crippen molar-refractivity contribution in [3.8, 4) is 0 Å². The molecule has 0 aromatic heterocycles. The number of hydrogen-bond acceptors (Lipinski definition) is 3. The van der Waals surface area contributed by atoms with Gasteiger partial charge in [-0.05, 0) is 16.7 Å². The normalized spacial score (nSPS) is 12.0. The second kappa shape index (κ2) is 9.30. The van der Waals surface area contributed by atoms with Gasteiger partial charge < -0.3 is 0 Å². The van der Waals surface area contributed by atoms with Crippen LogP contribution in [-0.2, 0) is 11.3 Å². The van der Waals surface area contributed by atoms with E-state index in [1.165, 1.54) is 0 Å². The first-order valence-corrected chi connectivity index (χ1v) is 8.53. The molecule has 0 heterocycles. The average Bonchev–Trinajstić information content (AvgIpc) is 2.70.